The summed E-state index contributed by atoms with van der Waals surface area (Å²) in [5, 5.41) is 16.8. The van der Waals surface area contributed by atoms with Crippen LogP contribution in [0.1, 0.15) is 12.8 Å². The van der Waals surface area contributed by atoms with E-state index in [2.05, 4.69) is 31.4 Å². The van der Waals surface area contributed by atoms with Gasteiger partial charge in [0.1, 0.15) is 5.82 Å². The Morgan fingerprint density at radius 3 is 2.83 bits per heavy atom. The van der Waals surface area contributed by atoms with Crippen LogP contribution in [0.3, 0.4) is 0 Å². The van der Waals surface area contributed by atoms with Crippen molar-refractivity contribution in [2.45, 2.75) is 23.1 Å². The molecule has 0 spiro atoms. The maximum Gasteiger partial charge on any atom is 0.446 e. The molecule has 0 saturated carbocycles. The summed E-state index contributed by atoms with van der Waals surface area (Å²) >= 11 is 4.31. The first-order valence-electron chi connectivity index (χ1n) is 8.55. The zero-order valence-corrected chi connectivity index (χ0v) is 18.3. The van der Waals surface area contributed by atoms with Crippen molar-refractivity contribution in [1.82, 2.24) is 24.3 Å². The van der Waals surface area contributed by atoms with Crippen LogP contribution in [-0.4, -0.2) is 51.1 Å². The molecule has 3 heterocycles. The van der Waals surface area contributed by atoms with Crippen molar-refractivity contribution in [1.29, 1.82) is 0 Å². The summed E-state index contributed by atoms with van der Waals surface area (Å²) in [5.74, 6) is -1.29. The predicted octanol–water partition coefficient (Wildman–Crippen LogP) is 1.54. The van der Waals surface area contributed by atoms with E-state index in [-0.39, 0.29) is 27.8 Å². The molecule has 2 N–H and O–H groups in total. The highest BCUT2D eigenvalue weighted by Gasteiger charge is 2.30. The number of piperidine rings is 1. The first kappa shape index (κ1) is 21.2. The number of halogens is 2. The lowest BCUT2D eigenvalue weighted by Gasteiger charge is -2.29. The molecule has 4 rings (SSSR count). The Hall–Kier alpha value is -2.07. The fraction of sp³-hybridized carbons (Fsp3) is 0.333. The van der Waals surface area contributed by atoms with Gasteiger partial charge in [-0.3, -0.25) is 4.52 Å². The number of rotatable bonds is 5. The summed E-state index contributed by atoms with van der Waals surface area (Å²) in [5.41, 5.74) is 0.431. The zero-order valence-electron chi connectivity index (χ0n) is 15.1. The van der Waals surface area contributed by atoms with E-state index < -0.39 is 21.8 Å². The first-order valence-corrected chi connectivity index (χ1v) is 11.7. The molecule has 0 aliphatic carbocycles. The standard InChI is InChI=1S/C15H14BrFN6O5S2/c16-10-6-8(3-4-11(10)17)23-13(20-27-15(23)24)12-14(21-28-19-12)29-9-2-1-5-22(7-9)30(18,25)26/h3-4,6,9H,1-2,5,7H2,(H2,18,25,26)/t9-/m1/s1. The summed E-state index contributed by atoms with van der Waals surface area (Å²) in [7, 11) is -3.79. The topological polar surface area (TPSA) is 150 Å². The highest BCUT2D eigenvalue weighted by molar-refractivity contribution is 9.10. The Morgan fingerprint density at radius 1 is 1.30 bits per heavy atom. The van der Waals surface area contributed by atoms with Crippen LogP contribution in [0.15, 0.2) is 41.6 Å². The van der Waals surface area contributed by atoms with Gasteiger partial charge in [-0.15, -0.1) is 0 Å². The largest absolute Gasteiger partial charge is 0.446 e. The van der Waals surface area contributed by atoms with Gasteiger partial charge in [0.25, 0.3) is 10.2 Å². The number of nitrogens with two attached hydrogens (primary N) is 1. The summed E-state index contributed by atoms with van der Waals surface area (Å²) in [6.45, 7) is 0.550. The van der Waals surface area contributed by atoms with Gasteiger partial charge >= 0.3 is 5.76 Å². The Balaban J connectivity index is 1.66. The Labute approximate surface area is 181 Å². The van der Waals surface area contributed by atoms with Crippen LogP contribution < -0.4 is 10.9 Å². The van der Waals surface area contributed by atoms with Gasteiger partial charge in [0, 0.05) is 18.3 Å². The van der Waals surface area contributed by atoms with Gasteiger partial charge in [-0.05, 0) is 57.3 Å². The molecule has 2 aromatic heterocycles. The van der Waals surface area contributed by atoms with Gasteiger partial charge < -0.3 is 0 Å². The average Bonchev–Trinajstić information content (AvgIpc) is 3.30. The minimum Gasteiger partial charge on any atom is -0.295 e. The Morgan fingerprint density at radius 2 is 2.10 bits per heavy atom. The van der Waals surface area contributed by atoms with Gasteiger partial charge in [0.05, 0.1) is 10.2 Å². The maximum atomic E-state index is 13.6. The number of thioether (sulfide) groups is 1. The van der Waals surface area contributed by atoms with E-state index in [0.717, 1.165) is 11.0 Å². The van der Waals surface area contributed by atoms with Gasteiger partial charge in [-0.2, -0.15) is 12.7 Å². The molecule has 15 heteroatoms. The molecule has 0 bridgehead atoms. The van der Waals surface area contributed by atoms with Gasteiger partial charge in [0.15, 0.2) is 10.7 Å². The van der Waals surface area contributed by atoms with Crippen molar-refractivity contribution in [2.24, 2.45) is 5.14 Å². The van der Waals surface area contributed by atoms with Gasteiger partial charge in [0.2, 0.25) is 5.82 Å². The Bertz CT molecular complexity index is 1240. The van der Waals surface area contributed by atoms with E-state index >= 15 is 0 Å². The molecule has 0 unspecified atom stereocenters. The van der Waals surface area contributed by atoms with E-state index in [0.29, 0.717) is 23.7 Å². The molecule has 3 aromatic rings. The second kappa shape index (κ2) is 8.22. The average molecular weight is 521 g/mol. The monoisotopic (exact) mass is 520 g/mol. The van der Waals surface area contributed by atoms with Crippen LogP contribution in [-0.2, 0) is 10.2 Å². The fourth-order valence-corrected chi connectivity index (χ4v) is 5.44. The van der Waals surface area contributed by atoms with E-state index in [4.69, 9.17) is 14.3 Å². The van der Waals surface area contributed by atoms with Crippen molar-refractivity contribution in [3.8, 4) is 17.2 Å². The number of benzene rings is 1. The summed E-state index contributed by atoms with van der Waals surface area (Å²) in [6.07, 6.45) is 1.35. The smallest absolute Gasteiger partial charge is 0.295 e. The quantitative estimate of drug-likeness (QED) is 0.527. The fourth-order valence-electron chi connectivity index (χ4n) is 3.04. The van der Waals surface area contributed by atoms with Gasteiger partial charge in [-0.1, -0.05) is 16.9 Å². The van der Waals surface area contributed by atoms with Crippen LogP contribution >= 0.6 is 27.7 Å². The molecule has 11 nitrogen and oxygen atoms in total. The van der Waals surface area contributed by atoms with Crippen molar-refractivity contribution in [3.63, 3.8) is 0 Å². The minimum absolute atomic E-state index is 0.0152. The SMILES string of the molecule is NS(=O)(=O)N1CCC[C@@H](Sc2nonc2-c2noc(=O)n2-c2ccc(F)c(Br)c2)C1. The molecule has 1 fully saturated rings. The minimum atomic E-state index is -3.79. The molecule has 30 heavy (non-hydrogen) atoms. The first-order chi connectivity index (χ1) is 14.2. The second-order valence-electron chi connectivity index (χ2n) is 6.41. The van der Waals surface area contributed by atoms with Crippen LogP contribution in [0.4, 0.5) is 4.39 Å². The normalized spacial score (nSPS) is 18.0. The second-order valence-corrected chi connectivity index (χ2v) is 10.1. The summed E-state index contributed by atoms with van der Waals surface area (Å²) in [4.78, 5) is 12.2. The molecule has 1 atom stereocenters. The zero-order chi connectivity index (χ0) is 21.5. The van der Waals surface area contributed by atoms with Crippen LogP contribution in [0.25, 0.3) is 17.2 Å². The number of hydrogen-bond donors (Lipinski definition) is 1. The molecule has 160 valence electrons. The highest BCUT2D eigenvalue weighted by Crippen LogP contribution is 2.34. The van der Waals surface area contributed by atoms with Crippen LogP contribution in [0, 0.1) is 5.82 Å². The number of hydrogen-bond acceptors (Lipinski definition) is 9. The molecular formula is C15H14BrFN6O5S2. The Kier molecular flexibility index (Phi) is 5.80. The molecule has 1 aromatic carbocycles. The van der Waals surface area contributed by atoms with E-state index in [1.807, 2.05) is 0 Å². The lowest BCUT2D eigenvalue weighted by Crippen LogP contribution is -2.44. The van der Waals surface area contributed by atoms with Crippen molar-refractivity contribution < 1.29 is 22.0 Å². The number of aromatic nitrogens is 4. The molecule has 1 aliphatic heterocycles. The third-order valence-electron chi connectivity index (χ3n) is 4.42. The molecular weight excluding hydrogens is 507 g/mol. The molecule has 1 aliphatic rings. The van der Waals surface area contributed by atoms with Crippen molar-refractivity contribution in [2.75, 3.05) is 13.1 Å². The van der Waals surface area contributed by atoms with Crippen molar-refractivity contribution in [3.05, 3.63) is 39.0 Å². The highest BCUT2D eigenvalue weighted by atomic mass is 79.9. The summed E-state index contributed by atoms with van der Waals surface area (Å²) < 4.78 is 48.9. The predicted molar refractivity (Wildman–Crippen MR) is 107 cm³/mol. The summed E-state index contributed by atoms with van der Waals surface area (Å²) in [6, 6.07) is 3.96. The third-order valence-corrected chi connectivity index (χ3v) is 7.28. The molecule has 0 amide bonds. The lowest BCUT2D eigenvalue weighted by atomic mass is 10.2. The van der Waals surface area contributed by atoms with Gasteiger partial charge in [-0.25, -0.2) is 23.5 Å². The van der Waals surface area contributed by atoms with Crippen molar-refractivity contribution >= 4 is 37.9 Å². The number of nitrogens with zero attached hydrogens (tertiary/aromatic N) is 5. The lowest BCUT2D eigenvalue weighted by molar-refractivity contribution is 0.299. The molecule has 1 saturated heterocycles. The van der Waals surface area contributed by atoms with E-state index in [1.54, 1.807) is 0 Å². The van der Waals surface area contributed by atoms with E-state index in [9.17, 15) is 17.6 Å². The van der Waals surface area contributed by atoms with Crippen LogP contribution in [0.5, 0.6) is 0 Å². The van der Waals surface area contributed by atoms with Crippen LogP contribution in [0.2, 0.25) is 0 Å². The third kappa shape index (κ3) is 4.20. The van der Waals surface area contributed by atoms with E-state index in [1.165, 1.54) is 34.3 Å². The molecule has 0 radical (unpaired) electrons. The maximum absolute atomic E-state index is 13.6.